The van der Waals surface area contributed by atoms with Crippen LogP contribution in [0.2, 0.25) is 0 Å². The summed E-state index contributed by atoms with van der Waals surface area (Å²) in [4.78, 5) is 24.6. The van der Waals surface area contributed by atoms with Crippen LogP contribution in [0.15, 0.2) is 23.3 Å². The van der Waals surface area contributed by atoms with Crippen LogP contribution >= 0.6 is 0 Å². The second-order valence-electron chi connectivity index (χ2n) is 6.03. The Morgan fingerprint density at radius 3 is 2.61 bits per heavy atom. The number of aryl methyl sites for hydroxylation is 2. The lowest BCUT2D eigenvalue weighted by molar-refractivity contribution is -0.119. The number of hydrogen-bond acceptors (Lipinski definition) is 3. The summed E-state index contributed by atoms with van der Waals surface area (Å²) >= 11 is 0. The second-order valence-corrected chi connectivity index (χ2v) is 6.03. The van der Waals surface area contributed by atoms with Crippen molar-refractivity contribution in [1.29, 1.82) is 0 Å². The van der Waals surface area contributed by atoms with Gasteiger partial charge in [0.25, 0.3) is 5.91 Å². The monoisotopic (exact) mass is 315 g/mol. The second kappa shape index (κ2) is 7.40. The maximum atomic E-state index is 12.4. The van der Waals surface area contributed by atoms with Crippen molar-refractivity contribution in [2.75, 3.05) is 5.01 Å². The summed E-state index contributed by atoms with van der Waals surface area (Å²) in [7, 11) is 0. The lowest BCUT2D eigenvalue weighted by Crippen LogP contribution is -2.42. The quantitative estimate of drug-likeness (QED) is 0.907. The molecule has 0 saturated carbocycles. The molecular formula is C18H25N3O2. The van der Waals surface area contributed by atoms with Gasteiger partial charge in [0.1, 0.15) is 5.71 Å². The standard InChI is InChI=1S/C18H25N3O2/c1-5-14(6-2)19-18(23)15-9-10-17(22)21(20-15)16-11-12(3)7-8-13(16)4/h7-8,11,14H,5-6,9-10H2,1-4H3,(H,19,23). The van der Waals surface area contributed by atoms with E-state index in [9.17, 15) is 9.59 Å². The van der Waals surface area contributed by atoms with Crippen LogP contribution in [0.5, 0.6) is 0 Å². The van der Waals surface area contributed by atoms with E-state index in [0.717, 1.165) is 29.7 Å². The van der Waals surface area contributed by atoms with Gasteiger partial charge >= 0.3 is 0 Å². The first kappa shape index (κ1) is 17.2. The molecule has 0 aliphatic carbocycles. The zero-order valence-corrected chi connectivity index (χ0v) is 14.3. The first-order chi connectivity index (χ1) is 11.0. The molecule has 124 valence electrons. The molecule has 1 aromatic rings. The van der Waals surface area contributed by atoms with Gasteiger partial charge in [0, 0.05) is 18.9 Å². The molecule has 0 unspecified atom stereocenters. The zero-order chi connectivity index (χ0) is 17.0. The number of carbonyl (C=O) groups excluding carboxylic acids is 2. The van der Waals surface area contributed by atoms with Crippen LogP contribution in [0.4, 0.5) is 5.69 Å². The van der Waals surface area contributed by atoms with Crippen molar-refractivity contribution < 1.29 is 9.59 Å². The first-order valence-corrected chi connectivity index (χ1v) is 8.24. The van der Waals surface area contributed by atoms with Crippen molar-refractivity contribution in [3.05, 3.63) is 29.3 Å². The molecule has 2 amide bonds. The highest BCUT2D eigenvalue weighted by Crippen LogP contribution is 2.25. The summed E-state index contributed by atoms with van der Waals surface area (Å²) in [6.07, 6.45) is 2.47. The molecule has 2 rings (SSSR count). The molecule has 0 bridgehead atoms. The fraction of sp³-hybridized carbons (Fsp3) is 0.500. The van der Waals surface area contributed by atoms with Crippen molar-refractivity contribution in [2.45, 2.75) is 59.4 Å². The zero-order valence-electron chi connectivity index (χ0n) is 14.3. The number of hydrogen-bond donors (Lipinski definition) is 1. The molecule has 0 radical (unpaired) electrons. The van der Waals surface area contributed by atoms with Gasteiger partial charge in [-0.1, -0.05) is 26.0 Å². The van der Waals surface area contributed by atoms with Gasteiger partial charge in [-0.05, 0) is 43.9 Å². The molecule has 1 aliphatic heterocycles. The number of hydrazone groups is 1. The predicted octanol–water partition coefficient (Wildman–Crippen LogP) is 3.09. The third-order valence-corrected chi connectivity index (χ3v) is 4.21. The topological polar surface area (TPSA) is 61.8 Å². The molecule has 0 aromatic heterocycles. The van der Waals surface area contributed by atoms with Gasteiger partial charge in [-0.2, -0.15) is 5.10 Å². The smallest absolute Gasteiger partial charge is 0.267 e. The van der Waals surface area contributed by atoms with Crippen LogP contribution in [0.3, 0.4) is 0 Å². The molecule has 1 heterocycles. The lowest BCUT2D eigenvalue weighted by atomic mass is 10.1. The van der Waals surface area contributed by atoms with E-state index in [1.165, 1.54) is 5.01 Å². The molecular weight excluding hydrogens is 290 g/mol. The minimum absolute atomic E-state index is 0.0715. The van der Waals surface area contributed by atoms with Gasteiger partial charge in [-0.3, -0.25) is 9.59 Å². The van der Waals surface area contributed by atoms with E-state index >= 15 is 0 Å². The van der Waals surface area contributed by atoms with Crippen LogP contribution in [0.25, 0.3) is 0 Å². The van der Waals surface area contributed by atoms with Gasteiger partial charge < -0.3 is 5.32 Å². The van der Waals surface area contributed by atoms with Gasteiger partial charge in [-0.25, -0.2) is 5.01 Å². The predicted molar refractivity (Wildman–Crippen MR) is 92.6 cm³/mol. The number of nitrogens with zero attached hydrogens (tertiary/aromatic N) is 2. The van der Waals surface area contributed by atoms with Crippen molar-refractivity contribution in [1.82, 2.24) is 5.32 Å². The Morgan fingerprint density at radius 1 is 1.26 bits per heavy atom. The molecule has 0 saturated heterocycles. The number of nitrogens with one attached hydrogen (secondary N) is 1. The fourth-order valence-electron chi connectivity index (χ4n) is 2.61. The van der Waals surface area contributed by atoms with E-state index < -0.39 is 0 Å². The summed E-state index contributed by atoms with van der Waals surface area (Å²) < 4.78 is 0. The van der Waals surface area contributed by atoms with E-state index in [1.54, 1.807) is 0 Å². The van der Waals surface area contributed by atoms with Gasteiger partial charge in [-0.15, -0.1) is 0 Å². The number of amides is 2. The molecule has 0 fully saturated rings. The van der Waals surface area contributed by atoms with Crippen molar-refractivity contribution in [2.24, 2.45) is 5.10 Å². The minimum Gasteiger partial charge on any atom is -0.348 e. The van der Waals surface area contributed by atoms with Crippen molar-refractivity contribution in [3.63, 3.8) is 0 Å². The summed E-state index contributed by atoms with van der Waals surface area (Å²) in [5.74, 6) is -0.237. The molecule has 0 atom stereocenters. The van der Waals surface area contributed by atoms with Gasteiger partial charge in [0.2, 0.25) is 5.91 Å². The summed E-state index contributed by atoms with van der Waals surface area (Å²) in [5, 5.41) is 8.72. The van der Waals surface area contributed by atoms with E-state index in [2.05, 4.69) is 10.4 Å². The number of carbonyl (C=O) groups is 2. The number of anilines is 1. The molecule has 0 spiro atoms. The Labute approximate surface area is 137 Å². The molecule has 5 heteroatoms. The van der Waals surface area contributed by atoms with Crippen LogP contribution in [-0.4, -0.2) is 23.6 Å². The molecule has 1 N–H and O–H groups in total. The fourth-order valence-corrected chi connectivity index (χ4v) is 2.61. The van der Waals surface area contributed by atoms with Crippen molar-refractivity contribution in [3.8, 4) is 0 Å². The molecule has 5 nitrogen and oxygen atoms in total. The number of benzene rings is 1. The third kappa shape index (κ3) is 3.97. The lowest BCUT2D eigenvalue weighted by Gasteiger charge is -2.25. The van der Waals surface area contributed by atoms with Gasteiger partial charge in [0.15, 0.2) is 0 Å². The Bertz CT molecular complexity index is 633. The highest BCUT2D eigenvalue weighted by molar-refractivity contribution is 6.40. The third-order valence-electron chi connectivity index (χ3n) is 4.21. The maximum absolute atomic E-state index is 12.4. The van der Waals surface area contributed by atoms with E-state index in [4.69, 9.17) is 0 Å². The van der Waals surface area contributed by atoms with E-state index in [-0.39, 0.29) is 17.9 Å². The summed E-state index contributed by atoms with van der Waals surface area (Å²) in [5.41, 5.74) is 3.21. The average molecular weight is 315 g/mol. The van der Waals surface area contributed by atoms with Crippen LogP contribution in [-0.2, 0) is 9.59 Å². The van der Waals surface area contributed by atoms with Crippen LogP contribution < -0.4 is 10.3 Å². The Morgan fingerprint density at radius 2 is 1.96 bits per heavy atom. The Kier molecular flexibility index (Phi) is 5.53. The highest BCUT2D eigenvalue weighted by Gasteiger charge is 2.27. The van der Waals surface area contributed by atoms with E-state index in [0.29, 0.717) is 18.6 Å². The normalized spacial score (nSPS) is 14.9. The maximum Gasteiger partial charge on any atom is 0.267 e. The van der Waals surface area contributed by atoms with Crippen molar-refractivity contribution >= 4 is 23.2 Å². The Balaban J connectivity index is 2.28. The van der Waals surface area contributed by atoms with E-state index in [1.807, 2.05) is 45.9 Å². The highest BCUT2D eigenvalue weighted by atomic mass is 16.2. The van der Waals surface area contributed by atoms with Crippen LogP contribution in [0.1, 0.15) is 50.7 Å². The molecule has 1 aliphatic rings. The summed E-state index contributed by atoms with van der Waals surface area (Å²) in [6.45, 7) is 8.00. The SMILES string of the molecule is CCC(CC)NC(=O)C1=NN(c2cc(C)ccc2C)C(=O)CC1. The first-order valence-electron chi connectivity index (χ1n) is 8.24. The largest absolute Gasteiger partial charge is 0.348 e. The minimum atomic E-state index is -0.165. The number of rotatable bonds is 5. The molecule has 1 aromatic carbocycles. The molecule has 23 heavy (non-hydrogen) atoms. The Hall–Kier alpha value is -2.17. The van der Waals surface area contributed by atoms with Gasteiger partial charge in [0.05, 0.1) is 5.69 Å². The van der Waals surface area contributed by atoms with Crippen LogP contribution in [0, 0.1) is 13.8 Å². The average Bonchev–Trinajstić information content (AvgIpc) is 2.55. The summed E-state index contributed by atoms with van der Waals surface area (Å²) in [6, 6.07) is 6.04.